The van der Waals surface area contributed by atoms with Gasteiger partial charge in [0, 0.05) is 33.8 Å². The van der Waals surface area contributed by atoms with Crippen LogP contribution in [0.2, 0.25) is 0 Å². The van der Waals surface area contributed by atoms with E-state index in [4.69, 9.17) is 23.4 Å². The molecule has 47 heavy (non-hydrogen) atoms. The van der Waals surface area contributed by atoms with Crippen molar-refractivity contribution in [2.75, 3.05) is 7.11 Å². The highest BCUT2D eigenvalue weighted by Crippen LogP contribution is 2.80. The molecule has 4 aliphatic carbocycles. The van der Waals surface area contributed by atoms with Gasteiger partial charge in [0.2, 0.25) is 11.4 Å². The van der Waals surface area contributed by atoms with Crippen LogP contribution in [-0.2, 0) is 42.9 Å². The highest BCUT2D eigenvalue weighted by molar-refractivity contribution is 6.09. The summed E-state index contributed by atoms with van der Waals surface area (Å²) in [4.78, 5) is 69.2. The molecule has 11 nitrogen and oxygen atoms in total. The molecule has 0 radical (unpaired) electrons. The van der Waals surface area contributed by atoms with Crippen LogP contribution in [0.25, 0.3) is 0 Å². The molecule has 5 aliphatic rings. The summed E-state index contributed by atoms with van der Waals surface area (Å²) in [5.74, 6) is -5.51. The first-order chi connectivity index (χ1) is 22.0. The van der Waals surface area contributed by atoms with E-state index in [0.717, 1.165) is 0 Å². The molecule has 6 rings (SSSR count). The summed E-state index contributed by atoms with van der Waals surface area (Å²) in [5, 5.41) is 13.2. The van der Waals surface area contributed by atoms with Gasteiger partial charge >= 0.3 is 23.9 Å². The summed E-state index contributed by atoms with van der Waals surface area (Å²) in [6, 6.07) is 1.73. The van der Waals surface area contributed by atoms with Crippen LogP contribution in [-0.4, -0.2) is 59.2 Å². The van der Waals surface area contributed by atoms with Gasteiger partial charge in [-0.25, -0.2) is 0 Å². The number of carbonyl (C=O) groups is 5. The number of furan rings is 1. The molecule has 4 fully saturated rings. The second-order valence-electron chi connectivity index (χ2n) is 15.4. The topological polar surface area (TPSA) is 156 Å². The van der Waals surface area contributed by atoms with Gasteiger partial charge in [0.1, 0.15) is 11.7 Å². The first-order valence-corrected chi connectivity index (χ1v) is 16.7. The molecule has 3 saturated carbocycles. The van der Waals surface area contributed by atoms with Crippen LogP contribution in [0.1, 0.15) is 98.7 Å². The Balaban J connectivity index is 1.66. The number of hydrogen-bond donors (Lipinski definition) is 1. The molecule has 1 N–H and O–H groups in total. The van der Waals surface area contributed by atoms with Crippen molar-refractivity contribution in [2.24, 2.45) is 39.9 Å². The smallest absolute Gasteiger partial charge is 0.310 e. The first-order valence-electron chi connectivity index (χ1n) is 16.7. The van der Waals surface area contributed by atoms with E-state index in [-0.39, 0.29) is 24.8 Å². The Morgan fingerprint density at radius 3 is 2.40 bits per heavy atom. The van der Waals surface area contributed by atoms with E-state index in [1.165, 1.54) is 19.6 Å². The van der Waals surface area contributed by atoms with Crippen molar-refractivity contribution in [3.8, 4) is 0 Å². The number of Topliss-reactive ketones (excluding diaryl/α,β-unsaturated/α-hetero) is 1. The van der Waals surface area contributed by atoms with Crippen molar-refractivity contribution in [3.63, 3.8) is 0 Å². The minimum absolute atomic E-state index is 0.0518. The summed E-state index contributed by atoms with van der Waals surface area (Å²) in [7, 11) is 1.29. The van der Waals surface area contributed by atoms with E-state index >= 15 is 4.79 Å². The molecule has 10 atom stereocenters. The molecule has 0 spiro atoms. The van der Waals surface area contributed by atoms with Crippen LogP contribution in [0.3, 0.4) is 0 Å². The molecular weight excluding hydrogens is 608 g/mol. The van der Waals surface area contributed by atoms with Gasteiger partial charge in [0.05, 0.1) is 37.9 Å². The SMILES string of the molecule is CC[C@H](C)C(=O)O[C@]12C(=O)C3=C4CC(=O)O[C@@H](c5ccoc5)[C@]4(C)CC[C@H]3[C@@]3(C)[C@@H](CC(=O)OC)[C@](C)(C[C@]31O)[C@@H]2OC(=O)C(C)C. The zero-order valence-corrected chi connectivity index (χ0v) is 28.5. The maximum atomic E-state index is 15.6. The number of aliphatic hydroxyl groups is 1. The highest BCUT2D eigenvalue weighted by atomic mass is 16.6. The number of ketones is 1. The van der Waals surface area contributed by atoms with Gasteiger partial charge in [0.15, 0.2) is 6.10 Å². The number of ether oxygens (including phenoxy) is 4. The fourth-order valence-corrected chi connectivity index (χ4v) is 10.2. The lowest BCUT2D eigenvalue weighted by atomic mass is 9.41. The maximum absolute atomic E-state index is 15.6. The standard InChI is InChI=1S/C36H46O11/c1-9-19(4)30(41)47-36-27(39)26-21(10-12-32(5)22(26)14-25(38)45-28(32)20-11-13-44-16-20)34(7)23(15-24(37)43-8)33(6,17-35(34,36)42)31(36)46-29(40)18(2)3/h11,13,16,18-19,21,23,28,31,42H,9-10,12,14-15,17H2,1-8H3/t19-,21+,23-,28-,31-,32+,33-,34-,35-,36-/m0/s1. The van der Waals surface area contributed by atoms with Crippen molar-refractivity contribution >= 4 is 29.7 Å². The lowest BCUT2D eigenvalue weighted by Crippen LogP contribution is -2.80. The van der Waals surface area contributed by atoms with Crippen molar-refractivity contribution in [1.29, 1.82) is 0 Å². The Morgan fingerprint density at radius 1 is 1.11 bits per heavy atom. The van der Waals surface area contributed by atoms with E-state index in [9.17, 15) is 24.3 Å². The van der Waals surface area contributed by atoms with Crippen molar-refractivity contribution < 1.29 is 52.4 Å². The highest BCUT2D eigenvalue weighted by Gasteiger charge is 2.92. The Labute approximate surface area is 274 Å². The van der Waals surface area contributed by atoms with Crippen LogP contribution >= 0.6 is 0 Å². The molecule has 1 aliphatic heterocycles. The predicted octanol–water partition coefficient (Wildman–Crippen LogP) is 4.80. The molecule has 0 aromatic carbocycles. The largest absolute Gasteiger partial charge is 0.472 e. The summed E-state index contributed by atoms with van der Waals surface area (Å²) in [6.07, 6.45) is 1.83. The van der Waals surface area contributed by atoms with Gasteiger partial charge in [-0.15, -0.1) is 0 Å². The third kappa shape index (κ3) is 4.10. The normalized spacial score (nSPS) is 40.8. The molecule has 256 valence electrons. The molecule has 1 aromatic rings. The lowest BCUT2D eigenvalue weighted by molar-refractivity contribution is -0.281. The minimum Gasteiger partial charge on any atom is -0.472 e. The average Bonchev–Trinajstić information content (AvgIpc) is 3.67. The monoisotopic (exact) mass is 654 g/mol. The van der Waals surface area contributed by atoms with E-state index < -0.39 is 93.0 Å². The summed E-state index contributed by atoms with van der Waals surface area (Å²) >= 11 is 0. The van der Waals surface area contributed by atoms with Crippen LogP contribution in [0.5, 0.6) is 0 Å². The van der Waals surface area contributed by atoms with Gasteiger partial charge in [0.25, 0.3) is 0 Å². The van der Waals surface area contributed by atoms with Crippen molar-refractivity contribution in [1.82, 2.24) is 0 Å². The number of methoxy groups -OCH3 is 1. The predicted molar refractivity (Wildman–Crippen MR) is 164 cm³/mol. The van der Waals surface area contributed by atoms with E-state index in [1.54, 1.807) is 33.8 Å². The van der Waals surface area contributed by atoms with Crippen LogP contribution in [0.15, 0.2) is 34.2 Å². The van der Waals surface area contributed by atoms with E-state index in [2.05, 4.69) is 0 Å². The fraction of sp³-hybridized carbons (Fsp3) is 0.694. The third-order valence-electron chi connectivity index (χ3n) is 12.8. The minimum atomic E-state index is -2.32. The first kappa shape index (κ1) is 33.4. The van der Waals surface area contributed by atoms with Gasteiger partial charge < -0.3 is 28.5 Å². The number of hydrogen-bond acceptors (Lipinski definition) is 11. The molecular formula is C36H46O11. The molecule has 11 heteroatoms. The third-order valence-corrected chi connectivity index (χ3v) is 12.8. The summed E-state index contributed by atoms with van der Waals surface area (Å²) < 4.78 is 29.0. The Bertz CT molecular complexity index is 1560. The molecule has 0 unspecified atom stereocenters. The van der Waals surface area contributed by atoms with E-state index in [1.807, 2.05) is 20.8 Å². The number of carbonyl (C=O) groups excluding carboxylic acids is 5. The molecule has 2 bridgehead atoms. The number of cyclic esters (lactones) is 1. The van der Waals surface area contributed by atoms with Crippen molar-refractivity contribution in [3.05, 3.63) is 35.3 Å². The quantitative estimate of drug-likeness (QED) is 0.304. The number of fused-ring (bicyclic) bond motifs is 4. The molecule has 1 saturated heterocycles. The second-order valence-corrected chi connectivity index (χ2v) is 15.4. The van der Waals surface area contributed by atoms with Gasteiger partial charge in [-0.1, -0.05) is 48.5 Å². The van der Waals surface area contributed by atoms with Crippen molar-refractivity contribution in [2.45, 2.75) is 110 Å². The van der Waals surface area contributed by atoms with E-state index in [0.29, 0.717) is 30.4 Å². The molecule has 1 aromatic heterocycles. The van der Waals surface area contributed by atoms with Gasteiger partial charge in [-0.2, -0.15) is 0 Å². The van der Waals surface area contributed by atoms with Crippen LogP contribution in [0.4, 0.5) is 0 Å². The lowest BCUT2D eigenvalue weighted by Gasteiger charge is -2.66. The average molecular weight is 655 g/mol. The zero-order chi connectivity index (χ0) is 34.5. The number of rotatable bonds is 8. The molecule has 2 heterocycles. The number of esters is 4. The van der Waals surface area contributed by atoms with Crippen LogP contribution in [0, 0.1) is 39.9 Å². The van der Waals surface area contributed by atoms with Gasteiger partial charge in [-0.3, -0.25) is 24.0 Å². The summed E-state index contributed by atoms with van der Waals surface area (Å²) in [5.41, 5.74) is -6.07. The molecule has 0 amide bonds. The Kier molecular flexibility index (Phi) is 7.66. The Morgan fingerprint density at radius 2 is 1.81 bits per heavy atom. The zero-order valence-electron chi connectivity index (χ0n) is 28.5. The fourth-order valence-electron chi connectivity index (χ4n) is 10.2. The van der Waals surface area contributed by atoms with Gasteiger partial charge in [-0.05, 0) is 49.2 Å². The summed E-state index contributed by atoms with van der Waals surface area (Å²) in [6.45, 7) is 12.4. The maximum Gasteiger partial charge on any atom is 0.310 e. The Hall–Kier alpha value is -3.47. The van der Waals surface area contributed by atoms with Crippen LogP contribution < -0.4 is 0 Å². The second kappa shape index (κ2) is 10.8.